The first-order valence-electron chi connectivity index (χ1n) is 22.8. The van der Waals surface area contributed by atoms with Gasteiger partial charge < -0.3 is 21.1 Å². The monoisotopic (exact) mass is 802 g/mol. The van der Waals surface area contributed by atoms with Gasteiger partial charge in [-0.3, -0.25) is 23.2 Å². The Morgan fingerprint density at radius 3 is 1.45 bits per heavy atom. The Morgan fingerprint density at radius 2 is 1.00 bits per heavy atom. The standard InChI is InChI=1S/C44H88N3O7P/c1-5-9-12-15-17-19-20-22-24-27-30-33-44(49)47-42(40-54-55(50,52-36-8-4)53-38-35-45)39-51-37-34-41(31-28-25-14-11-7-3)46-43(48)32-29-26-23-21-18-16-13-10-6-2/h8,41-42H,4-7,9-40,45H2,1-3H3,(H,46,48)(H,47,49)/t41-,42+,55?/m0/s1. The average Bonchev–Trinajstić information content (AvgIpc) is 3.18. The molecule has 0 bridgehead atoms. The lowest BCUT2D eigenvalue weighted by molar-refractivity contribution is -0.123. The van der Waals surface area contributed by atoms with Crippen molar-refractivity contribution in [2.75, 3.05) is 39.6 Å². The van der Waals surface area contributed by atoms with Gasteiger partial charge >= 0.3 is 7.82 Å². The van der Waals surface area contributed by atoms with Crippen molar-refractivity contribution in [3.05, 3.63) is 12.7 Å². The van der Waals surface area contributed by atoms with Crippen LogP contribution in [0.2, 0.25) is 0 Å². The fourth-order valence-electron chi connectivity index (χ4n) is 6.61. The first-order chi connectivity index (χ1) is 26.8. The van der Waals surface area contributed by atoms with Crippen LogP contribution in [0.25, 0.3) is 0 Å². The molecule has 1 unspecified atom stereocenters. The number of phosphoric ester groups is 1. The van der Waals surface area contributed by atoms with Crippen LogP contribution < -0.4 is 16.4 Å². The summed E-state index contributed by atoms with van der Waals surface area (Å²) in [5.74, 6) is 0.0294. The number of carbonyl (C=O) groups is 2. The maximum absolute atomic E-state index is 13.2. The third-order valence-electron chi connectivity index (χ3n) is 9.98. The molecule has 326 valence electrons. The third kappa shape index (κ3) is 36.8. The number of nitrogens with one attached hydrogen (secondary N) is 2. The number of amides is 2. The molecule has 0 aromatic heterocycles. The van der Waals surface area contributed by atoms with Crippen LogP contribution >= 0.6 is 7.82 Å². The second kappa shape index (κ2) is 40.9. The van der Waals surface area contributed by atoms with E-state index >= 15 is 0 Å². The number of phosphoric acid groups is 1. The summed E-state index contributed by atoms with van der Waals surface area (Å²) in [7, 11) is -3.92. The van der Waals surface area contributed by atoms with Crippen LogP contribution in [0.15, 0.2) is 12.7 Å². The van der Waals surface area contributed by atoms with Gasteiger partial charge in [-0.25, -0.2) is 4.57 Å². The van der Waals surface area contributed by atoms with E-state index in [1.807, 2.05) is 0 Å². The number of unbranched alkanes of at least 4 members (excludes halogenated alkanes) is 22. The summed E-state index contributed by atoms with van der Waals surface area (Å²) in [4.78, 5) is 25.9. The summed E-state index contributed by atoms with van der Waals surface area (Å²) in [5, 5.41) is 6.32. The van der Waals surface area contributed by atoms with E-state index in [0.717, 1.165) is 51.4 Å². The Labute approximate surface area is 339 Å². The minimum absolute atomic E-state index is 0.00544. The lowest BCUT2D eigenvalue weighted by Gasteiger charge is -2.23. The Hall–Kier alpha value is -1.29. The molecule has 0 spiro atoms. The third-order valence-corrected chi connectivity index (χ3v) is 11.4. The SMILES string of the molecule is C=CCOP(=O)(OCCN)OC[C@@H](COCC[C@H](CCCCCCC)NC(=O)CCCCCCCCCCC)NC(=O)CCCCCCCCCCCCC. The van der Waals surface area contributed by atoms with Crippen LogP contribution in [0.3, 0.4) is 0 Å². The van der Waals surface area contributed by atoms with Crippen LogP contribution in [-0.4, -0.2) is 63.5 Å². The van der Waals surface area contributed by atoms with Gasteiger partial charge in [-0.15, -0.1) is 6.58 Å². The first-order valence-corrected chi connectivity index (χ1v) is 24.3. The predicted octanol–water partition coefficient (Wildman–Crippen LogP) is 11.6. The fraction of sp³-hybridized carbons (Fsp3) is 0.909. The molecule has 0 radical (unpaired) electrons. The summed E-state index contributed by atoms with van der Waals surface area (Å²) >= 11 is 0. The molecule has 0 heterocycles. The van der Waals surface area contributed by atoms with Gasteiger partial charge in [0.05, 0.1) is 32.5 Å². The van der Waals surface area contributed by atoms with Gasteiger partial charge in [0.2, 0.25) is 11.8 Å². The largest absolute Gasteiger partial charge is 0.475 e. The first kappa shape index (κ1) is 53.7. The summed E-state index contributed by atoms with van der Waals surface area (Å²) < 4.78 is 35.7. The average molecular weight is 802 g/mol. The fourth-order valence-corrected chi connectivity index (χ4v) is 7.82. The highest BCUT2D eigenvalue weighted by molar-refractivity contribution is 7.48. The highest BCUT2D eigenvalue weighted by atomic mass is 31.2. The number of rotatable bonds is 44. The van der Waals surface area contributed by atoms with Gasteiger partial charge in [0.25, 0.3) is 0 Å². The summed E-state index contributed by atoms with van der Waals surface area (Å²) in [5.41, 5.74) is 5.57. The maximum Gasteiger partial charge on any atom is 0.475 e. The van der Waals surface area contributed by atoms with Gasteiger partial charge in [0.15, 0.2) is 0 Å². The van der Waals surface area contributed by atoms with E-state index in [1.165, 1.54) is 122 Å². The maximum atomic E-state index is 13.2. The predicted molar refractivity (Wildman–Crippen MR) is 230 cm³/mol. The van der Waals surface area contributed by atoms with Gasteiger partial charge in [-0.2, -0.15) is 0 Å². The molecule has 2 amide bonds. The molecule has 4 N–H and O–H groups in total. The number of hydrogen-bond acceptors (Lipinski definition) is 8. The van der Waals surface area contributed by atoms with Crippen molar-refractivity contribution < 1.29 is 32.5 Å². The van der Waals surface area contributed by atoms with Gasteiger partial charge in [-0.1, -0.05) is 175 Å². The van der Waals surface area contributed by atoms with Crippen LogP contribution in [-0.2, 0) is 32.5 Å². The van der Waals surface area contributed by atoms with E-state index in [2.05, 4.69) is 38.0 Å². The van der Waals surface area contributed by atoms with Crippen molar-refractivity contribution in [1.29, 1.82) is 0 Å². The van der Waals surface area contributed by atoms with Gasteiger partial charge in [0, 0.05) is 32.0 Å². The highest BCUT2D eigenvalue weighted by Crippen LogP contribution is 2.49. The van der Waals surface area contributed by atoms with Crippen LogP contribution in [0.5, 0.6) is 0 Å². The number of hydrogen-bond donors (Lipinski definition) is 3. The number of nitrogens with two attached hydrogens (primary N) is 1. The Kier molecular flexibility index (Phi) is 39.9. The topological polar surface area (TPSA) is 138 Å². The van der Waals surface area contributed by atoms with E-state index < -0.39 is 13.9 Å². The molecule has 0 aromatic carbocycles. The van der Waals surface area contributed by atoms with Gasteiger partial charge in [0.1, 0.15) is 0 Å². The molecule has 55 heavy (non-hydrogen) atoms. The van der Waals surface area contributed by atoms with Crippen LogP contribution in [0.1, 0.15) is 207 Å². The molecule has 0 saturated carbocycles. The molecular formula is C44H88N3O7P. The molecule has 0 aliphatic heterocycles. The molecule has 0 aliphatic carbocycles. The lowest BCUT2D eigenvalue weighted by atomic mass is 10.0. The van der Waals surface area contributed by atoms with Crippen LogP contribution in [0.4, 0.5) is 0 Å². The zero-order chi connectivity index (χ0) is 40.5. The molecule has 0 aromatic rings. The molecular weight excluding hydrogens is 713 g/mol. The molecule has 0 saturated heterocycles. The number of ether oxygens (including phenoxy) is 1. The van der Waals surface area contributed by atoms with E-state index in [9.17, 15) is 14.2 Å². The van der Waals surface area contributed by atoms with Crippen molar-refractivity contribution in [3.63, 3.8) is 0 Å². The number of carbonyl (C=O) groups excluding carboxylic acids is 2. The minimum atomic E-state index is -3.92. The Bertz CT molecular complexity index is 926. The Morgan fingerprint density at radius 1 is 0.564 bits per heavy atom. The Balaban J connectivity index is 5.01. The van der Waals surface area contributed by atoms with E-state index in [0.29, 0.717) is 25.9 Å². The van der Waals surface area contributed by atoms with E-state index in [4.69, 9.17) is 24.0 Å². The summed E-state index contributed by atoms with van der Waals surface area (Å²) in [6.45, 7) is 10.9. The van der Waals surface area contributed by atoms with Crippen LogP contribution in [0, 0.1) is 0 Å². The minimum Gasteiger partial charge on any atom is -0.379 e. The molecule has 0 aliphatic rings. The van der Waals surface area contributed by atoms with Crippen molar-refractivity contribution >= 4 is 19.6 Å². The van der Waals surface area contributed by atoms with Crippen molar-refractivity contribution in [2.45, 2.75) is 219 Å². The summed E-state index contributed by atoms with van der Waals surface area (Å²) in [6, 6.07) is -0.522. The zero-order valence-electron chi connectivity index (χ0n) is 36.1. The zero-order valence-corrected chi connectivity index (χ0v) is 37.0. The molecule has 3 atom stereocenters. The van der Waals surface area contributed by atoms with Gasteiger partial charge in [-0.05, 0) is 25.7 Å². The van der Waals surface area contributed by atoms with Crippen molar-refractivity contribution in [2.24, 2.45) is 5.73 Å². The smallest absolute Gasteiger partial charge is 0.379 e. The molecule has 11 heteroatoms. The molecule has 10 nitrogen and oxygen atoms in total. The normalized spacial score (nSPS) is 13.7. The summed E-state index contributed by atoms with van der Waals surface area (Å²) in [6.07, 6.45) is 34.3. The molecule has 0 fully saturated rings. The van der Waals surface area contributed by atoms with E-state index in [-0.39, 0.29) is 50.8 Å². The van der Waals surface area contributed by atoms with E-state index in [1.54, 1.807) is 0 Å². The second-order valence-corrected chi connectivity index (χ2v) is 17.1. The second-order valence-electron chi connectivity index (χ2n) is 15.4. The lowest BCUT2D eigenvalue weighted by Crippen LogP contribution is -2.42. The highest BCUT2D eigenvalue weighted by Gasteiger charge is 2.28. The molecule has 0 rings (SSSR count). The quantitative estimate of drug-likeness (QED) is 0.0314. The van der Waals surface area contributed by atoms with Crippen molar-refractivity contribution in [3.8, 4) is 0 Å². The van der Waals surface area contributed by atoms with Crippen molar-refractivity contribution in [1.82, 2.24) is 10.6 Å².